The largest absolute Gasteiger partial charge is 0.399 e. The molecule has 1 saturated heterocycles. The van der Waals surface area contributed by atoms with Crippen LogP contribution in [0.5, 0.6) is 0 Å². The SMILES string of the molecule is N#CC1CC(F)CN1C(=O)C(N)Cc1c[nH]c2ccc(N)cc12. The normalized spacial score (nSPS) is 22.2. The summed E-state index contributed by atoms with van der Waals surface area (Å²) < 4.78 is 13.5. The highest BCUT2D eigenvalue weighted by molar-refractivity contribution is 5.88. The van der Waals surface area contributed by atoms with Crippen LogP contribution in [0.2, 0.25) is 0 Å². The van der Waals surface area contributed by atoms with Crippen LogP contribution in [0, 0.1) is 11.3 Å². The lowest BCUT2D eigenvalue weighted by molar-refractivity contribution is -0.132. The Kier molecular flexibility index (Phi) is 3.92. The van der Waals surface area contributed by atoms with Crippen LogP contribution in [0.1, 0.15) is 12.0 Å². The number of hydrogen-bond donors (Lipinski definition) is 3. The van der Waals surface area contributed by atoms with Gasteiger partial charge in [-0.05, 0) is 30.2 Å². The number of anilines is 1. The number of nitriles is 1. The molecule has 2 heterocycles. The van der Waals surface area contributed by atoms with Gasteiger partial charge in [-0.2, -0.15) is 5.26 Å². The van der Waals surface area contributed by atoms with Crippen molar-refractivity contribution in [3.8, 4) is 6.07 Å². The number of amides is 1. The molecular weight excluding hydrogens is 297 g/mol. The van der Waals surface area contributed by atoms with Gasteiger partial charge in [-0.3, -0.25) is 4.79 Å². The minimum atomic E-state index is -1.16. The molecule has 23 heavy (non-hydrogen) atoms. The van der Waals surface area contributed by atoms with Crippen molar-refractivity contribution in [1.82, 2.24) is 9.88 Å². The molecule has 0 saturated carbocycles. The Bertz CT molecular complexity index is 780. The highest BCUT2D eigenvalue weighted by atomic mass is 19.1. The van der Waals surface area contributed by atoms with Crippen molar-refractivity contribution in [3.63, 3.8) is 0 Å². The van der Waals surface area contributed by atoms with Crippen LogP contribution in [-0.2, 0) is 11.2 Å². The van der Waals surface area contributed by atoms with Crippen molar-refractivity contribution in [2.45, 2.75) is 31.1 Å². The molecule has 1 aliphatic rings. The minimum Gasteiger partial charge on any atom is -0.399 e. The summed E-state index contributed by atoms with van der Waals surface area (Å²) in [6.45, 7) is -0.0639. The summed E-state index contributed by atoms with van der Waals surface area (Å²) in [5, 5.41) is 9.96. The monoisotopic (exact) mass is 315 g/mol. The maximum absolute atomic E-state index is 13.5. The van der Waals surface area contributed by atoms with E-state index in [1.54, 1.807) is 12.3 Å². The van der Waals surface area contributed by atoms with Crippen molar-refractivity contribution >= 4 is 22.5 Å². The van der Waals surface area contributed by atoms with Gasteiger partial charge in [0.15, 0.2) is 0 Å². The number of likely N-dealkylation sites (tertiary alicyclic amines) is 1. The van der Waals surface area contributed by atoms with Gasteiger partial charge in [-0.1, -0.05) is 0 Å². The number of hydrogen-bond acceptors (Lipinski definition) is 4. The van der Waals surface area contributed by atoms with Crippen LogP contribution in [-0.4, -0.2) is 40.6 Å². The molecule has 1 fully saturated rings. The molecule has 120 valence electrons. The third-order valence-corrected chi connectivity index (χ3v) is 4.23. The molecule has 6 nitrogen and oxygen atoms in total. The minimum absolute atomic E-state index is 0.0541. The first-order chi connectivity index (χ1) is 11.0. The first-order valence-corrected chi connectivity index (χ1v) is 7.45. The van der Waals surface area contributed by atoms with E-state index in [0.29, 0.717) is 12.1 Å². The summed E-state index contributed by atoms with van der Waals surface area (Å²) in [7, 11) is 0. The van der Waals surface area contributed by atoms with Crippen molar-refractivity contribution in [2.24, 2.45) is 5.73 Å². The van der Waals surface area contributed by atoms with Crippen LogP contribution in [0.3, 0.4) is 0 Å². The molecule has 1 aromatic heterocycles. The average Bonchev–Trinajstić information content (AvgIpc) is 3.10. The van der Waals surface area contributed by atoms with E-state index in [9.17, 15) is 9.18 Å². The Morgan fingerprint density at radius 1 is 1.57 bits per heavy atom. The summed E-state index contributed by atoms with van der Waals surface area (Å²) in [4.78, 5) is 16.8. The lowest BCUT2D eigenvalue weighted by atomic mass is 10.0. The van der Waals surface area contributed by atoms with Crippen molar-refractivity contribution in [1.29, 1.82) is 5.26 Å². The highest BCUT2D eigenvalue weighted by Crippen LogP contribution is 2.24. The molecule has 2 aromatic rings. The molecular formula is C16H18FN5O. The van der Waals surface area contributed by atoms with Gasteiger partial charge in [-0.25, -0.2) is 4.39 Å². The highest BCUT2D eigenvalue weighted by Gasteiger charge is 2.37. The summed E-state index contributed by atoms with van der Waals surface area (Å²) >= 11 is 0. The van der Waals surface area contributed by atoms with Gasteiger partial charge in [0.05, 0.1) is 18.7 Å². The van der Waals surface area contributed by atoms with Crippen molar-refractivity contribution in [2.75, 3.05) is 12.3 Å². The molecule has 0 radical (unpaired) electrons. The number of carbonyl (C=O) groups excluding carboxylic acids is 1. The average molecular weight is 315 g/mol. The zero-order valence-electron chi connectivity index (χ0n) is 12.5. The molecule has 1 aliphatic heterocycles. The van der Waals surface area contributed by atoms with Crippen LogP contribution >= 0.6 is 0 Å². The predicted octanol–water partition coefficient (Wildman–Crippen LogP) is 1.08. The Morgan fingerprint density at radius 2 is 2.35 bits per heavy atom. The summed E-state index contributed by atoms with van der Waals surface area (Å²) in [6.07, 6.45) is 0.983. The second-order valence-corrected chi connectivity index (χ2v) is 5.90. The van der Waals surface area contributed by atoms with Gasteiger partial charge in [0.1, 0.15) is 12.2 Å². The Labute approximate surface area is 132 Å². The Balaban J connectivity index is 1.78. The fourth-order valence-corrected chi connectivity index (χ4v) is 3.05. The van der Waals surface area contributed by atoms with Crippen LogP contribution < -0.4 is 11.5 Å². The second kappa shape index (κ2) is 5.89. The zero-order chi connectivity index (χ0) is 16.6. The fourth-order valence-electron chi connectivity index (χ4n) is 3.05. The molecule has 7 heteroatoms. The summed E-state index contributed by atoms with van der Waals surface area (Å²) in [6, 6.07) is 5.88. The van der Waals surface area contributed by atoms with E-state index in [0.717, 1.165) is 16.5 Å². The third-order valence-electron chi connectivity index (χ3n) is 4.23. The Hall–Kier alpha value is -2.59. The van der Waals surface area contributed by atoms with Gasteiger partial charge in [0.2, 0.25) is 5.91 Å². The first-order valence-electron chi connectivity index (χ1n) is 7.45. The second-order valence-electron chi connectivity index (χ2n) is 5.90. The predicted molar refractivity (Wildman–Crippen MR) is 85.0 cm³/mol. The van der Waals surface area contributed by atoms with Gasteiger partial charge in [0.25, 0.3) is 0 Å². The van der Waals surface area contributed by atoms with E-state index in [-0.39, 0.29) is 13.0 Å². The van der Waals surface area contributed by atoms with Crippen LogP contribution in [0.15, 0.2) is 24.4 Å². The number of rotatable bonds is 3. The quantitative estimate of drug-likeness (QED) is 0.736. The topological polar surface area (TPSA) is 112 Å². The number of aromatic amines is 1. The third kappa shape index (κ3) is 2.85. The summed E-state index contributed by atoms with van der Waals surface area (Å²) in [5.74, 6) is -0.394. The van der Waals surface area contributed by atoms with Crippen LogP contribution in [0.4, 0.5) is 10.1 Å². The molecule has 3 atom stereocenters. The van der Waals surface area contributed by atoms with E-state index in [4.69, 9.17) is 16.7 Å². The molecule has 3 rings (SSSR count). The van der Waals surface area contributed by atoms with Gasteiger partial charge in [0, 0.05) is 29.2 Å². The number of alkyl halides is 1. The molecule has 0 aliphatic carbocycles. The smallest absolute Gasteiger partial charge is 0.241 e. The Morgan fingerprint density at radius 3 is 3.09 bits per heavy atom. The van der Waals surface area contributed by atoms with Gasteiger partial charge in [-0.15, -0.1) is 0 Å². The lowest BCUT2D eigenvalue weighted by Crippen LogP contribution is -2.46. The molecule has 5 N–H and O–H groups in total. The number of nitrogens with one attached hydrogen (secondary N) is 1. The number of nitrogens with zero attached hydrogens (tertiary/aromatic N) is 2. The van der Waals surface area contributed by atoms with Gasteiger partial charge < -0.3 is 21.4 Å². The molecule has 0 spiro atoms. The van der Waals surface area contributed by atoms with Crippen molar-refractivity contribution < 1.29 is 9.18 Å². The van der Waals surface area contributed by atoms with E-state index in [2.05, 4.69) is 4.98 Å². The number of benzene rings is 1. The number of H-pyrrole nitrogens is 1. The fraction of sp³-hybridized carbons (Fsp3) is 0.375. The number of halogens is 1. The first kappa shape index (κ1) is 15.3. The van der Waals surface area contributed by atoms with Gasteiger partial charge >= 0.3 is 0 Å². The number of aromatic nitrogens is 1. The molecule has 1 aromatic carbocycles. The van der Waals surface area contributed by atoms with E-state index < -0.39 is 24.2 Å². The van der Waals surface area contributed by atoms with E-state index >= 15 is 0 Å². The molecule has 3 unspecified atom stereocenters. The molecule has 0 bridgehead atoms. The number of nitrogens with two attached hydrogens (primary N) is 2. The standard InChI is InChI=1S/C16H18FN5O/c17-10-4-12(6-18)22(8-10)16(23)14(20)3-9-7-21-15-2-1-11(19)5-13(9)15/h1-2,5,7,10,12,14,21H,3-4,8,19-20H2. The zero-order valence-corrected chi connectivity index (χ0v) is 12.5. The maximum atomic E-state index is 13.5. The van der Waals surface area contributed by atoms with E-state index in [1.165, 1.54) is 4.90 Å². The molecule has 1 amide bonds. The van der Waals surface area contributed by atoms with Crippen LogP contribution in [0.25, 0.3) is 10.9 Å². The summed E-state index contributed by atoms with van der Waals surface area (Å²) in [5.41, 5.74) is 14.2. The maximum Gasteiger partial charge on any atom is 0.241 e. The number of carbonyl (C=O) groups is 1. The van der Waals surface area contributed by atoms with Crippen molar-refractivity contribution in [3.05, 3.63) is 30.0 Å². The number of nitrogen functional groups attached to an aromatic ring is 1. The van der Waals surface area contributed by atoms with E-state index in [1.807, 2.05) is 18.2 Å². The lowest BCUT2D eigenvalue weighted by Gasteiger charge is -2.23. The number of fused-ring (bicyclic) bond motifs is 1.